The summed E-state index contributed by atoms with van der Waals surface area (Å²) >= 11 is 0. The Balaban J connectivity index is 2.49. The molecule has 2 aromatic carbocycles. The van der Waals surface area contributed by atoms with E-state index in [1.807, 2.05) is 0 Å². The van der Waals surface area contributed by atoms with E-state index in [1.165, 1.54) is 42.1 Å². The molecule has 2 aromatic rings. The van der Waals surface area contributed by atoms with Crippen LogP contribution in [0.3, 0.4) is 0 Å². The lowest BCUT2D eigenvalue weighted by Gasteiger charge is -2.28. The minimum atomic E-state index is -0.981. The lowest BCUT2D eigenvalue weighted by Crippen LogP contribution is -2.34. The molecule has 0 amide bonds. The first-order valence-electron chi connectivity index (χ1n) is 11.1. The topological polar surface area (TPSA) is 116 Å². The maximum Gasteiger partial charge on any atom is 0.303 e. The third-order valence-electron chi connectivity index (χ3n) is 5.10. The molecule has 3 atom stereocenters. The number of ether oxygens (including phenoxy) is 7. The molecule has 0 spiro atoms. The third kappa shape index (κ3) is 7.79. The van der Waals surface area contributed by atoms with Crippen molar-refractivity contribution < 1.29 is 47.5 Å². The molecule has 0 saturated carbocycles. The predicted octanol–water partition coefficient (Wildman–Crippen LogP) is 3.95. The maximum absolute atomic E-state index is 12.0. The molecular formula is C26H32O10. The van der Waals surface area contributed by atoms with Crippen LogP contribution in [0.15, 0.2) is 36.4 Å². The van der Waals surface area contributed by atoms with Gasteiger partial charge in [0.15, 0.2) is 35.2 Å². The number of carbonyl (C=O) groups is 3. The average Bonchev–Trinajstić information content (AvgIpc) is 2.84. The molecule has 1 unspecified atom stereocenters. The molecule has 0 radical (unpaired) electrons. The summed E-state index contributed by atoms with van der Waals surface area (Å²) in [5.41, 5.74) is 1.21. The first-order valence-corrected chi connectivity index (χ1v) is 11.1. The summed E-state index contributed by atoms with van der Waals surface area (Å²) < 4.78 is 38.4. The molecule has 0 fully saturated rings. The number of benzene rings is 2. The summed E-state index contributed by atoms with van der Waals surface area (Å²) in [7, 11) is 4.45. The van der Waals surface area contributed by atoms with Crippen molar-refractivity contribution >= 4 is 17.9 Å². The van der Waals surface area contributed by atoms with Gasteiger partial charge in [-0.3, -0.25) is 14.4 Å². The predicted molar refractivity (Wildman–Crippen MR) is 128 cm³/mol. The summed E-state index contributed by atoms with van der Waals surface area (Å²) in [5.74, 6) is 0.0274. The standard InChI is InChI=1S/C26H32O10/c1-15(34-17(3)28)19-8-11-22(24(12-19)32-7)36-25(14-33-16(2)27)26(35-18(4)29)20-9-10-21(30-5)23(13-20)31-6/h8-13,15,25-26H,14H2,1-7H3/t15?,25-,26-/m1/s1. The Morgan fingerprint density at radius 1 is 0.694 bits per heavy atom. The van der Waals surface area contributed by atoms with Crippen molar-refractivity contribution in [1.82, 2.24) is 0 Å². The van der Waals surface area contributed by atoms with Crippen LogP contribution in [0.4, 0.5) is 0 Å². The van der Waals surface area contributed by atoms with Crippen molar-refractivity contribution in [1.29, 1.82) is 0 Å². The fourth-order valence-corrected chi connectivity index (χ4v) is 3.46. The lowest BCUT2D eigenvalue weighted by atomic mass is 10.0. The molecule has 0 aromatic heterocycles. The number of carbonyl (C=O) groups excluding carboxylic acids is 3. The largest absolute Gasteiger partial charge is 0.493 e. The fraction of sp³-hybridized carbons (Fsp3) is 0.423. The van der Waals surface area contributed by atoms with Crippen LogP contribution in [0, 0.1) is 0 Å². The molecule has 0 saturated heterocycles. The van der Waals surface area contributed by atoms with Gasteiger partial charge >= 0.3 is 17.9 Å². The zero-order valence-electron chi connectivity index (χ0n) is 21.5. The second kappa shape index (κ2) is 13.2. The van der Waals surface area contributed by atoms with Crippen molar-refractivity contribution in [2.45, 2.75) is 46.0 Å². The maximum atomic E-state index is 12.0. The van der Waals surface area contributed by atoms with Gasteiger partial charge in [0.05, 0.1) is 21.3 Å². The minimum absolute atomic E-state index is 0.226. The first kappa shape index (κ1) is 28.3. The van der Waals surface area contributed by atoms with Gasteiger partial charge in [-0.1, -0.05) is 12.1 Å². The molecule has 0 aliphatic carbocycles. The lowest BCUT2D eigenvalue weighted by molar-refractivity contribution is -0.157. The molecule has 2 rings (SSSR count). The van der Waals surface area contributed by atoms with E-state index in [-0.39, 0.29) is 6.61 Å². The summed E-state index contributed by atoms with van der Waals surface area (Å²) in [6.07, 6.45) is -2.45. The summed E-state index contributed by atoms with van der Waals surface area (Å²) in [4.78, 5) is 35.0. The van der Waals surface area contributed by atoms with Crippen LogP contribution in [0.5, 0.6) is 23.0 Å². The Bertz CT molecular complexity index is 1060. The highest BCUT2D eigenvalue weighted by Crippen LogP contribution is 2.37. The Morgan fingerprint density at radius 2 is 1.22 bits per heavy atom. The molecule has 10 heteroatoms. The van der Waals surface area contributed by atoms with Gasteiger partial charge < -0.3 is 33.2 Å². The number of hydrogen-bond acceptors (Lipinski definition) is 10. The Morgan fingerprint density at radius 3 is 1.78 bits per heavy atom. The van der Waals surface area contributed by atoms with E-state index in [1.54, 1.807) is 43.3 Å². The fourth-order valence-electron chi connectivity index (χ4n) is 3.46. The Hall–Kier alpha value is -3.95. The zero-order chi connectivity index (χ0) is 26.8. The summed E-state index contributed by atoms with van der Waals surface area (Å²) in [5, 5.41) is 0. The molecule has 0 N–H and O–H groups in total. The van der Waals surface area contributed by atoms with Crippen LogP contribution in [0.1, 0.15) is 51.0 Å². The number of hydrogen-bond donors (Lipinski definition) is 0. The van der Waals surface area contributed by atoms with Crippen LogP contribution in [-0.4, -0.2) is 51.9 Å². The molecule has 0 bridgehead atoms. The zero-order valence-corrected chi connectivity index (χ0v) is 21.5. The molecule has 196 valence electrons. The Labute approximate surface area is 210 Å². The van der Waals surface area contributed by atoms with Crippen LogP contribution >= 0.6 is 0 Å². The van der Waals surface area contributed by atoms with E-state index >= 15 is 0 Å². The highest BCUT2D eigenvalue weighted by molar-refractivity contribution is 5.67. The van der Waals surface area contributed by atoms with Gasteiger partial charge in [-0.15, -0.1) is 0 Å². The summed E-state index contributed by atoms with van der Waals surface area (Å²) in [6, 6.07) is 10.0. The molecular weight excluding hydrogens is 472 g/mol. The van der Waals surface area contributed by atoms with E-state index in [9.17, 15) is 14.4 Å². The quantitative estimate of drug-likeness (QED) is 0.311. The van der Waals surface area contributed by atoms with Gasteiger partial charge in [-0.2, -0.15) is 0 Å². The van der Waals surface area contributed by atoms with Gasteiger partial charge in [-0.05, 0) is 36.8 Å². The molecule has 0 aliphatic rings. The SMILES string of the molecule is COc1ccc([C@@H](OC(C)=O)[C@@H](COC(C)=O)Oc2ccc(C(C)OC(C)=O)cc2OC)cc1OC. The van der Waals surface area contributed by atoms with E-state index in [0.29, 0.717) is 34.1 Å². The van der Waals surface area contributed by atoms with Gasteiger partial charge in [-0.25, -0.2) is 0 Å². The van der Waals surface area contributed by atoms with Crippen LogP contribution in [0.25, 0.3) is 0 Å². The molecule has 0 heterocycles. The van der Waals surface area contributed by atoms with Crippen molar-refractivity contribution in [3.8, 4) is 23.0 Å². The first-order chi connectivity index (χ1) is 17.1. The second-order valence-electron chi connectivity index (χ2n) is 7.77. The van der Waals surface area contributed by atoms with Crippen molar-refractivity contribution in [3.05, 3.63) is 47.5 Å². The van der Waals surface area contributed by atoms with Gasteiger partial charge in [0, 0.05) is 26.3 Å². The van der Waals surface area contributed by atoms with E-state index < -0.39 is 36.2 Å². The number of rotatable bonds is 12. The number of methoxy groups -OCH3 is 3. The van der Waals surface area contributed by atoms with Crippen molar-refractivity contribution in [2.24, 2.45) is 0 Å². The highest BCUT2D eigenvalue weighted by Gasteiger charge is 2.31. The van der Waals surface area contributed by atoms with Gasteiger partial charge in [0.1, 0.15) is 12.7 Å². The van der Waals surface area contributed by atoms with Crippen LogP contribution in [-0.2, 0) is 28.6 Å². The third-order valence-corrected chi connectivity index (χ3v) is 5.10. The normalized spacial score (nSPS) is 13.0. The van der Waals surface area contributed by atoms with E-state index in [2.05, 4.69) is 0 Å². The van der Waals surface area contributed by atoms with E-state index in [4.69, 9.17) is 33.2 Å². The van der Waals surface area contributed by atoms with Gasteiger partial charge in [0.2, 0.25) is 0 Å². The summed E-state index contributed by atoms with van der Waals surface area (Å²) in [6.45, 7) is 5.36. The number of esters is 3. The van der Waals surface area contributed by atoms with E-state index in [0.717, 1.165) is 0 Å². The highest BCUT2D eigenvalue weighted by atomic mass is 16.6. The molecule has 10 nitrogen and oxygen atoms in total. The van der Waals surface area contributed by atoms with Crippen molar-refractivity contribution in [3.63, 3.8) is 0 Å². The second-order valence-corrected chi connectivity index (χ2v) is 7.77. The van der Waals surface area contributed by atoms with Crippen molar-refractivity contribution in [2.75, 3.05) is 27.9 Å². The molecule has 0 aliphatic heterocycles. The van der Waals surface area contributed by atoms with Crippen LogP contribution in [0.2, 0.25) is 0 Å². The smallest absolute Gasteiger partial charge is 0.303 e. The average molecular weight is 505 g/mol. The monoisotopic (exact) mass is 504 g/mol. The van der Waals surface area contributed by atoms with Gasteiger partial charge in [0.25, 0.3) is 0 Å². The Kier molecular flexibility index (Phi) is 10.4. The minimum Gasteiger partial charge on any atom is -0.493 e. The molecule has 36 heavy (non-hydrogen) atoms. The van der Waals surface area contributed by atoms with Crippen LogP contribution < -0.4 is 18.9 Å².